The monoisotopic (exact) mass is 277 g/mol. The molecule has 1 aliphatic rings. The summed E-state index contributed by atoms with van der Waals surface area (Å²) >= 11 is 3.51. The highest BCUT2D eigenvalue weighted by atomic mass is 79.9. The average molecular weight is 278 g/mol. The van der Waals surface area contributed by atoms with E-state index in [9.17, 15) is 0 Å². The molecule has 3 rings (SSSR count). The Morgan fingerprint density at radius 1 is 1.38 bits per heavy atom. The number of para-hydroxylation sites is 1. The lowest BCUT2D eigenvalue weighted by Crippen LogP contribution is -2.17. The minimum Gasteiger partial charge on any atom is -0.349 e. The van der Waals surface area contributed by atoms with Crippen molar-refractivity contribution in [2.75, 3.05) is 5.32 Å². The number of nitrogens with one attached hydrogen (secondary N) is 1. The zero-order chi connectivity index (χ0) is 11.2. The summed E-state index contributed by atoms with van der Waals surface area (Å²) in [6.45, 7) is 2.20. The Labute approximate surface area is 102 Å². The normalized spacial score (nSPS) is 17.4. The second kappa shape index (κ2) is 3.42. The number of hydrogen-bond acceptors (Lipinski definition) is 3. The third-order valence-electron chi connectivity index (χ3n) is 2.98. The van der Waals surface area contributed by atoms with Crippen molar-refractivity contribution in [3.05, 3.63) is 28.9 Å². The third kappa shape index (κ3) is 1.78. The molecule has 0 unspecified atom stereocenters. The molecule has 0 radical (unpaired) electrons. The summed E-state index contributed by atoms with van der Waals surface area (Å²) in [4.78, 5) is 8.86. The number of halogens is 1. The van der Waals surface area contributed by atoms with Crippen molar-refractivity contribution in [2.24, 2.45) is 0 Å². The Bertz CT molecular complexity index is 549. The van der Waals surface area contributed by atoms with Gasteiger partial charge in [0.15, 0.2) is 0 Å². The molecule has 4 heteroatoms. The molecule has 16 heavy (non-hydrogen) atoms. The van der Waals surface area contributed by atoms with Gasteiger partial charge in [0.05, 0.1) is 5.52 Å². The van der Waals surface area contributed by atoms with Crippen LogP contribution >= 0.6 is 15.9 Å². The molecule has 82 valence electrons. The number of benzene rings is 1. The summed E-state index contributed by atoms with van der Waals surface area (Å²) in [5.74, 6) is 0.722. The van der Waals surface area contributed by atoms with Gasteiger partial charge in [0.25, 0.3) is 0 Å². The molecule has 0 bridgehead atoms. The van der Waals surface area contributed by atoms with Gasteiger partial charge >= 0.3 is 0 Å². The van der Waals surface area contributed by atoms with Crippen LogP contribution in [0.25, 0.3) is 10.9 Å². The molecule has 0 amide bonds. The Kier molecular flexibility index (Phi) is 2.14. The highest BCUT2D eigenvalue weighted by molar-refractivity contribution is 9.10. The minimum absolute atomic E-state index is 0.217. The summed E-state index contributed by atoms with van der Waals surface area (Å²) < 4.78 is 1.01. The van der Waals surface area contributed by atoms with Gasteiger partial charge in [-0.05, 0) is 41.8 Å². The summed E-state index contributed by atoms with van der Waals surface area (Å²) in [6, 6.07) is 6.01. The summed E-state index contributed by atoms with van der Waals surface area (Å²) in [5, 5.41) is 4.42. The topological polar surface area (TPSA) is 37.8 Å². The highest BCUT2D eigenvalue weighted by Crippen LogP contribution is 2.37. The van der Waals surface area contributed by atoms with Crippen molar-refractivity contribution in [3.63, 3.8) is 0 Å². The highest BCUT2D eigenvalue weighted by Gasteiger charge is 2.37. The van der Waals surface area contributed by atoms with E-state index in [1.807, 2.05) is 24.4 Å². The van der Waals surface area contributed by atoms with E-state index in [0.717, 1.165) is 21.3 Å². The van der Waals surface area contributed by atoms with Crippen LogP contribution in [0.4, 0.5) is 5.95 Å². The fraction of sp³-hybridized carbons (Fsp3) is 0.333. The number of rotatable bonds is 2. The zero-order valence-corrected chi connectivity index (χ0v) is 10.6. The Hall–Kier alpha value is -1.16. The Morgan fingerprint density at radius 2 is 2.19 bits per heavy atom. The van der Waals surface area contributed by atoms with Crippen molar-refractivity contribution in [2.45, 2.75) is 25.3 Å². The first-order chi connectivity index (χ1) is 7.66. The lowest BCUT2D eigenvalue weighted by Gasteiger charge is -2.11. The van der Waals surface area contributed by atoms with E-state index < -0.39 is 0 Å². The van der Waals surface area contributed by atoms with Crippen LogP contribution in [-0.4, -0.2) is 15.5 Å². The van der Waals surface area contributed by atoms with Crippen LogP contribution in [-0.2, 0) is 0 Å². The molecule has 1 N–H and O–H groups in total. The second-order valence-corrected chi connectivity index (χ2v) is 5.41. The second-order valence-electron chi connectivity index (χ2n) is 4.56. The quantitative estimate of drug-likeness (QED) is 0.915. The number of aromatic nitrogens is 2. The molecule has 0 saturated heterocycles. The van der Waals surface area contributed by atoms with Crippen LogP contribution in [0.3, 0.4) is 0 Å². The van der Waals surface area contributed by atoms with Crippen LogP contribution in [0.5, 0.6) is 0 Å². The summed E-state index contributed by atoms with van der Waals surface area (Å²) in [5.41, 5.74) is 1.18. The summed E-state index contributed by atoms with van der Waals surface area (Å²) in [7, 11) is 0. The molecule has 2 aromatic rings. The molecule has 1 aromatic heterocycles. The first-order valence-corrected chi connectivity index (χ1v) is 6.15. The van der Waals surface area contributed by atoms with Gasteiger partial charge in [0.1, 0.15) is 0 Å². The van der Waals surface area contributed by atoms with E-state index in [2.05, 4.69) is 38.1 Å². The maximum atomic E-state index is 4.53. The molecule has 1 saturated carbocycles. The van der Waals surface area contributed by atoms with E-state index in [4.69, 9.17) is 0 Å². The van der Waals surface area contributed by atoms with Gasteiger partial charge in [0.2, 0.25) is 5.95 Å². The van der Waals surface area contributed by atoms with Crippen molar-refractivity contribution in [3.8, 4) is 0 Å². The standard InChI is InChI=1S/C12H12BrN3/c1-12(5-6-12)16-11-14-7-8-3-2-4-9(13)10(8)15-11/h2-4,7H,5-6H2,1H3,(H,14,15,16). The number of nitrogens with zero attached hydrogens (tertiary/aromatic N) is 2. The number of fused-ring (bicyclic) bond motifs is 1. The molecule has 3 nitrogen and oxygen atoms in total. The maximum absolute atomic E-state index is 4.53. The molecule has 0 atom stereocenters. The predicted molar refractivity (Wildman–Crippen MR) is 68.5 cm³/mol. The molecule has 0 spiro atoms. The van der Waals surface area contributed by atoms with Crippen LogP contribution in [0.2, 0.25) is 0 Å². The predicted octanol–water partition coefficient (Wildman–Crippen LogP) is 3.36. The van der Waals surface area contributed by atoms with E-state index in [-0.39, 0.29) is 5.54 Å². The van der Waals surface area contributed by atoms with Gasteiger partial charge < -0.3 is 5.32 Å². The lowest BCUT2D eigenvalue weighted by atomic mass is 10.2. The SMILES string of the molecule is CC1(Nc2ncc3cccc(Br)c3n2)CC1. The fourth-order valence-corrected chi connectivity index (χ4v) is 2.13. The van der Waals surface area contributed by atoms with Gasteiger partial charge in [-0.1, -0.05) is 12.1 Å². The van der Waals surface area contributed by atoms with Gasteiger partial charge in [0, 0.05) is 21.6 Å². The zero-order valence-electron chi connectivity index (χ0n) is 9.00. The Morgan fingerprint density at radius 3 is 2.94 bits per heavy atom. The molecule has 1 aromatic carbocycles. The minimum atomic E-state index is 0.217. The smallest absolute Gasteiger partial charge is 0.223 e. The molecule has 0 aliphatic heterocycles. The molecule has 1 fully saturated rings. The Balaban J connectivity index is 2.04. The van der Waals surface area contributed by atoms with Crippen LogP contribution in [0.15, 0.2) is 28.9 Å². The molecular weight excluding hydrogens is 266 g/mol. The van der Waals surface area contributed by atoms with E-state index >= 15 is 0 Å². The number of hydrogen-bond donors (Lipinski definition) is 1. The average Bonchev–Trinajstić information content (AvgIpc) is 2.97. The van der Waals surface area contributed by atoms with Gasteiger partial charge in [-0.2, -0.15) is 0 Å². The van der Waals surface area contributed by atoms with E-state index in [1.54, 1.807) is 0 Å². The van der Waals surface area contributed by atoms with Crippen LogP contribution in [0.1, 0.15) is 19.8 Å². The molecule has 1 heterocycles. The number of anilines is 1. The van der Waals surface area contributed by atoms with Crippen LogP contribution in [0, 0.1) is 0 Å². The van der Waals surface area contributed by atoms with Crippen molar-refractivity contribution in [1.82, 2.24) is 9.97 Å². The van der Waals surface area contributed by atoms with Crippen molar-refractivity contribution < 1.29 is 0 Å². The van der Waals surface area contributed by atoms with E-state index in [0.29, 0.717) is 0 Å². The van der Waals surface area contributed by atoms with Gasteiger partial charge in [-0.15, -0.1) is 0 Å². The van der Waals surface area contributed by atoms with E-state index in [1.165, 1.54) is 12.8 Å². The first-order valence-electron chi connectivity index (χ1n) is 5.36. The van der Waals surface area contributed by atoms with Gasteiger partial charge in [-0.3, -0.25) is 0 Å². The third-order valence-corrected chi connectivity index (χ3v) is 3.62. The van der Waals surface area contributed by atoms with Crippen molar-refractivity contribution >= 4 is 32.8 Å². The molecule has 1 aliphatic carbocycles. The fourth-order valence-electron chi connectivity index (χ4n) is 1.66. The van der Waals surface area contributed by atoms with Crippen molar-refractivity contribution in [1.29, 1.82) is 0 Å². The van der Waals surface area contributed by atoms with Crippen LogP contribution < -0.4 is 5.32 Å². The molecular formula is C12H12BrN3. The van der Waals surface area contributed by atoms with Gasteiger partial charge in [-0.25, -0.2) is 9.97 Å². The maximum Gasteiger partial charge on any atom is 0.223 e. The first kappa shape index (κ1) is 10.0. The largest absolute Gasteiger partial charge is 0.349 e. The summed E-state index contributed by atoms with van der Waals surface area (Å²) in [6.07, 6.45) is 4.26. The lowest BCUT2D eigenvalue weighted by molar-refractivity contribution is 0.812.